The van der Waals surface area contributed by atoms with Crippen LogP contribution in [0, 0.1) is 0 Å². The molecule has 2 unspecified atom stereocenters. The largest absolute Gasteiger partial charge is 0.497 e. The summed E-state index contributed by atoms with van der Waals surface area (Å²) in [4.78, 5) is 0. The fraction of sp³-hybridized carbons (Fsp3) is 0.571. The Hall–Kier alpha value is -1.22. The SMILES string of the molecule is CCCNC1CC(C)Oc2ccc(OC)cc21. The lowest BCUT2D eigenvalue weighted by molar-refractivity contribution is 0.166. The zero-order valence-electron chi connectivity index (χ0n) is 10.8. The molecule has 0 saturated heterocycles. The van der Waals surface area contributed by atoms with Crippen LogP contribution in [0.15, 0.2) is 18.2 Å². The van der Waals surface area contributed by atoms with E-state index >= 15 is 0 Å². The Labute approximate surface area is 103 Å². The molecule has 2 rings (SSSR count). The second-order valence-electron chi connectivity index (χ2n) is 4.57. The fourth-order valence-corrected chi connectivity index (χ4v) is 2.27. The van der Waals surface area contributed by atoms with Crippen molar-refractivity contribution in [1.29, 1.82) is 0 Å². The third kappa shape index (κ3) is 2.72. The number of methoxy groups -OCH3 is 1. The van der Waals surface area contributed by atoms with E-state index in [1.165, 1.54) is 5.56 Å². The van der Waals surface area contributed by atoms with Gasteiger partial charge in [0.2, 0.25) is 0 Å². The van der Waals surface area contributed by atoms with Gasteiger partial charge < -0.3 is 14.8 Å². The van der Waals surface area contributed by atoms with Gasteiger partial charge in [0.1, 0.15) is 11.5 Å². The molecule has 0 bridgehead atoms. The standard InChI is InChI=1S/C14H21NO2/c1-4-7-15-13-8-10(2)17-14-6-5-11(16-3)9-12(13)14/h5-6,9-10,13,15H,4,7-8H2,1-3H3. The van der Waals surface area contributed by atoms with Gasteiger partial charge in [0, 0.05) is 18.0 Å². The van der Waals surface area contributed by atoms with Crippen LogP contribution in [0.1, 0.15) is 38.3 Å². The van der Waals surface area contributed by atoms with Crippen LogP contribution in [0.3, 0.4) is 0 Å². The van der Waals surface area contributed by atoms with Crippen LogP contribution in [0.25, 0.3) is 0 Å². The molecular weight excluding hydrogens is 214 g/mol. The quantitative estimate of drug-likeness (QED) is 0.870. The summed E-state index contributed by atoms with van der Waals surface area (Å²) in [6, 6.07) is 6.41. The van der Waals surface area contributed by atoms with Gasteiger partial charge in [-0.05, 0) is 38.1 Å². The summed E-state index contributed by atoms with van der Waals surface area (Å²) in [5, 5.41) is 3.57. The monoisotopic (exact) mass is 235 g/mol. The molecule has 3 nitrogen and oxygen atoms in total. The maximum Gasteiger partial charge on any atom is 0.124 e. The molecule has 1 aromatic rings. The zero-order valence-corrected chi connectivity index (χ0v) is 10.8. The first-order valence-corrected chi connectivity index (χ1v) is 6.32. The number of hydrogen-bond donors (Lipinski definition) is 1. The van der Waals surface area contributed by atoms with Crippen LogP contribution in [-0.2, 0) is 0 Å². The summed E-state index contributed by atoms with van der Waals surface area (Å²) in [6.07, 6.45) is 2.43. The van der Waals surface area contributed by atoms with E-state index in [0.29, 0.717) is 6.04 Å². The molecule has 0 spiro atoms. The van der Waals surface area contributed by atoms with Gasteiger partial charge in [-0.25, -0.2) is 0 Å². The Bertz CT molecular complexity index is 378. The van der Waals surface area contributed by atoms with Gasteiger partial charge in [-0.1, -0.05) is 6.92 Å². The Balaban J connectivity index is 2.25. The molecule has 0 fully saturated rings. The average Bonchev–Trinajstić information content (AvgIpc) is 2.35. The highest BCUT2D eigenvalue weighted by Gasteiger charge is 2.25. The van der Waals surface area contributed by atoms with E-state index in [0.717, 1.165) is 30.9 Å². The van der Waals surface area contributed by atoms with Crippen LogP contribution in [0.5, 0.6) is 11.5 Å². The fourth-order valence-electron chi connectivity index (χ4n) is 2.27. The first-order chi connectivity index (χ1) is 8.24. The Morgan fingerprint density at radius 3 is 3.00 bits per heavy atom. The van der Waals surface area contributed by atoms with E-state index < -0.39 is 0 Å². The van der Waals surface area contributed by atoms with Crippen LogP contribution >= 0.6 is 0 Å². The zero-order chi connectivity index (χ0) is 12.3. The Morgan fingerprint density at radius 2 is 2.29 bits per heavy atom. The summed E-state index contributed by atoms with van der Waals surface area (Å²) in [7, 11) is 1.70. The summed E-state index contributed by atoms with van der Waals surface area (Å²) < 4.78 is 11.1. The number of ether oxygens (including phenoxy) is 2. The van der Waals surface area contributed by atoms with Crippen molar-refractivity contribution in [2.45, 2.75) is 38.8 Å². The van der Waals surface area contributed by atoms with Crippen LogP contribution in [0.4, 0.5) is 0 Å². The molecule has 3 heteroatoms. The molecule has 17 heavy (non-hydrogen) atoms. The van der Waals surface area contributed by atoms with E-state index in [1.807, 2.05) is 12.1 Å². The maximum absolute atomic E-state index is 5.85. The van der Waals surface area contributed by atoms with Gasteiger partial charge in [-0.15, -0.1) is 0 Å². The first kappa shape index (κ1) is 12.2. The molecule has 0 radical (unpaired) electrons. The van der Waals surface area contributed by atoms with Crippen molar-refractivity contribution in [3.05, 3.63) is 23.8 Å². The van der Waals surface area contributed by atoms with Crippen LogP contribution in [0.2, 0.25) is 0 Å². The number of hydrogen-bond acceptors (Lipinski definition) is 3. The Morgan fingerprint density at radius 1 is 1.47 bits per heavy atom. The summed E-state index contributed by atoms with van der Waals surface area (Å²) in [6.45, 7) is 5.34. The summed E-state index contributed by atoms with van der Waals surface area (Å²) >= 11 is 0. The molecule has 0 aliphatic carbocycles. The normalized spacial score (nSPS) is 22.8. The molecule has 1 N–H and O–H groups in total. The van der Waals surface area contributed by atoms with Crippen molar-refractivity contribution < 1.29 is 9.47 Å². The second-order valence-corrected chi connectivity index (χ2v) is 4.57. The van der Waals surface area contributed by atoms with Gasteiger partial charge in [0.15, 0.2) is 0 Å². The van der Waals surface area contributed by atoms with E-state index in [9.17, 15) is 0 Å². The van der Waals surface area contributed by atoms with Crippen LogP contribution < -0.4 is 14.8 Å². The summed E-state index contributed by atoms with van der Waals surface area (Å²) in [5.41, 5.74) is 1.22. The lowest BCUT2D eigenvalue weighted by Gasteiger charge is -2.31. The van der Waals surface area contributed by atoms with Crippen molar-refractivity contribution >= 4 is 0 Å². The predicted molar refractivity (Wildman–Crippen MR) is 68.7 cm³/mol. The molecule has 0 saturated carbocycles. The highest BCUT2D eigenvalue weighted by atomic mass is 16.5. The molecule has 1 aromatic carbocycles. The molecule has 1 aliphatic heterocycles. The van der Waals surface area contributed by atoms with Crippen LogP contribution in [-0.4, -0.2) is 19.8 Å². The molecule has 1 aliphatic rings. The van der Waals surface area contributed by atoms with E-state index in [4.69, 9.17) is 9.47 Å². The minimum atomic E-state index is 0.269. The highest BCUT2D eigenvalue weighted by Crippen LogP contribution is 2.36. The van der Waals surface area contributed by atoms with Gasteiger partial charge in [0.05, 0.1) is 13.2 Å². The molecule has 94 valence electrons. The van der Waals surface area contributed by atoms with Gasteiger partial charge in [-0.2, -0.15) is 0 Å². The minimum absolute atomic E-state index is 0.269. The van der Waals surface area contributed by atoms with Crippen molar-refractivity contribution in [3.8, 4) is 11.5 Å². The lowest BCUT2D eigenvalue weighted by Crippen LogP contribution is -2.31. The lowest BCUT2D eigenvalue weighted by atomic mass is 9.96. The number of rotatable bonds is 4. The van der Waals surface area contributed by atoms with Crippen molar-refractivity contribution in [2.24, 2.45) is 0 Å². The van der Waals surface area contributed by atoms with Crippen molar-refractivity contribution in [2.75, 3.05) is 13.7 Å². The second kappa shape index (κ2) is 5.41. The van der Waals surface area contributed by atoms with Gasteiger partial charge in [0.25, 0.3) is 0 Å². The van der Waals surface area contributed by atoms with Crippen molar-refractivity contribution in [3.63, 3.8) is 0 Å². The number of benzene rings is 1. The van der Waals surface area contributed by atoms with E-state index in [2.05, 4.69) is 25.2 Å². The average molecular weight is 235 g/mol. The van der Waals surface area contributed by atoms with Crippen molar-refractivity contribution in [1.82, 2.24) is 5.32 Å². The minimum Gasteiger partial charge on any atom is -0.497 e. The van der Waals surface area contributed by atoms with E-state index in [1.54, 1.807) is 7.11 Å². The third-order valence-corrected chi connectivity index (χ3v) is 3.13. The molecular formula is C14H21NO2. The number of nitrogens with one attached hydrogen (secondary N) is 1. The van der Waals surface area contributed by atoms with Gasteiger partial charge >= 0.3 is 0 Å². The molecule has 0 amide bonds. The third-order valence-electron chi connectivity index (χ3n) is 3.13. The first-order valence-electron chi connectivity index (χ1n) is 6.32. The highest BCUT2D eigenvalue weighted by molar-refractivity contribution is 5.43. The number of fused-ring (bicyclic) bond motifs is 1. The molecule has 1 heterocycles. The Kier molecular flexibility index (Phi) is 3.89. The smallest absolute Gasteiger partial charge is 0.124 e. The maximum atomic E-state index is 5.85. The molecule has 0 aromatic heterocycles. The molecule has 2 atom stereocenters. The van der Waals surface area contributed by atoms with E-state index in [-0.39, 0.29) is 6.10 Å². The predicted octanol–water partition coefficient (Wildman–Crippen LogP) is 2.91. The summed E-state index contributed by atoms with van der Waals surface area (Å²) in [5.74, 6) is 1.88. The van der Waals surface area contributed by atoms with Gasteiger partial charge in [-0.3, -0.25) is 0 Å². The topological polar surface area (TPSA) is 30.5 Å².